The molecule has 32 heavy (non-hydrogen) atoms. The second-order valence-electron chi connectivity index (χ2n) is 8.44. The largest absolute Gasteiger partial charge is 0.493 e. The third kappa shape index (κ3) is 4.24. The van der Waals surface area contributed by atoms with Gasteiger partial charge in [-0.1, -0.05) is 23.7 Å². The molecule has 0 spiro atoms. The molecule has 168 valence electrons. The molecule has 7 heteroatoms. The maximum Gasteiger partial charge on any atom is 0.225 e. The van der Waals surface area contributed by atoms with E-state index in [1.807, 2.05) is 32.0 Å². The average molecular weight is 458 g/mol. The Bertz CT molecular complexity index is 1090. The maximum absolute atomic E-state index is 14.6. The number of ether oxygens (including phenoxy) is 2. The summed E-state index contributed by atoms with van der Waals surface area (Å²) in [6.45, 7) is 3.87. The van der Waals surface area contributed by atoms with Crippen molar-refractivity contribution in [3.63, 3.8) is 0 Å². The van der Waals surface area contributed by atoms with Gasteiger partial charge >= 0.3 is 0 Å². The van der Waals surface area contributed by atoms with Gasteiger partial charge in [0.2, 0.25) is 5.91 Å². The van der Waals surface area contributed by atoms with Crippen LogP contribution in [0.1, 0.15) is 56.1 Å². The lowest BCUT2D eigenvalue weighted by Gasteiger charge is -2.35. The van der Waals surface area contributed by atoms with Gasteiger partial charge in [0.25, 0.3) is 0 Å². The zero-order valence-corrected chi connectivity index (χ0v) is 19.0. The molecule has 0 radical (unpaired) electrons. The standard InChI is InChI=1S/C25H25ClFNO4/c1-13(2)32-21-8-7-14(11-22(21)31-3)15-9-19-25(20(29)10-15)16(12-23(30)28-19)24-17(26)5-4-6-18(24)27/h4-8,11,13,15-16H,9-10,12H2,1-3H3,(H,28,30). The van der Waals surface area contributed by atoms with Crippen LogP contribution >= 0.6 is 11.6 Å². The van der Waals surface area contributed by atoms with E-state index in [4.69, 9.17) is 21.1 Å². The van der Waals surface area contributed by atoms with Crippen LogP contribution in [0.3, 0.4) is 0 Å². The van der Waals surface area contributed by atoms with Crippen LogP contribution in [-0.2, 0) is 9.59 Å². The highest BCUT2D eigenvalue weighted by molar-refractivity contribution is 6.31. The topological polar surface area (TPSA) is 64.6 Å². The number of carbonyl (C=O) groups is 2. The lowest BCUT2D eigenvalue weighted by molar-refractivity contribution is -0.122. The van der Waals surface area contributed by atoms with Gasteiger partial charge in [-0.05, 0) is 56.0 Å². The van der Waals surface area contributed by atoms with Crippen molar-refractivity contribution in [2.24, 2.45) is 0 Å². The molecule has 2 aliphatic rings. The molecular weight excluding hydrogens is 433 g/mol. The molecule has 2 atom stereocenters. The molecule has 0 saturated heterocycles. The summed E-state index contributed by atoms with van der Waals surface area (Å²) in [7, 11) is 1.57. The molecule has 1 heterocycles. The second kappa shape index (κ2) is 8.94. The summed E-state index contributed by atoms with van der Waals surface area (Å²) in [5.74, 6) is -0.470. The third-order valence-corrected chi connectivity index (χ3v) is 6.24. The van der Waals surface area contributed by atoms with Gasteiger partial charge in [0.15, 0.2) is 17.3 Å². The summed E-state index contributed by atoms with van der Waals surface area (Å²) < 4.78 is 25.9. The first-order valence-corrected chi connectivity index (χ1v) is 11.0. The minimum Gasteiger partial charge on any atom is -0.493 e. The number of hydrogen-bond donors (Lipinski definition) is 1. The molecule has 5 nitrogen and oxygen atoms in total. The van der Waals surface area contributed by atoms with Gasteiger partial charge < -0.3 is 14.8 Å². The molecule has 1 N–H and O–H groups in total. The third-order valence-electron chi connectivity index (χ3n) is 5.91. The van der Waals surface area contributed by atoms with Crippen LogP contribution in [-0.4, -0.2) is 24.9 Å². The Balaban J connectivity index is 1.70. The molecular formula is C25H25ClFNO4. The van der Waals surface area contributed by atoms with Crippen LogP contribution in [0.4, 0.5) is 4.39 Å². The number of rotatable bonds is 5. The van der Waals surface area contributed by atoms with Gasteiger partial charge in [0, 0.05) is 40.6 Å². The predicted octanol–water partition coefficient (Wildman–Crippen LogP) is 5.28. The van der Waals surface area contributed by atoms with E-state index in [1.54, 1.807) is 13.2 Å². The number of nitrogens with one attached hydrogen (secondary N) is 1. The number of allylic oxidation sites excluding steroid dienone is 2. The predicted molar refractivity (Wildman–Crippen MR) is 120 cm³/mol. The van der Waals surface area contributed by atoms with Crippen LogP contribution in [0.5, 0.6) is 11.5 Å². The fourth-order valence-corrected chi connectivity index (χ4v) is 4.87. The lowest BCUT2D eigenvalue weighted by atomic mass is 9.73. The summed E-state index contributed by atoms with van der Waals surface area (Å²) in [6, 6.07) is 10.0. The molecule has 2 unspecified atom stereocenters. The first-order chi connectivity index (χ1) is 15.3. The number of benzene rings is 2. The average Bonchev–Trinajstić information content (AvgIpc) is 2.72. The molecule has 2 aromatic carbocycles. The highest BCUT2D eigenvalue weighted by atomic mass is 35.5. The zero-order valence-electron chi connectivity index (χ0n) is 18.2. The molecule has 1 aliphatic carbocycles. The molecule has 0 fully saturated rings. The van der Waals surface area contributed by atoms with Gasteiger partial charge in [-0.3, -0.25) is 9.59 Å². The first kappa shape index (κ1) is 22.3. The number of Topliss-reactive ketones (excluding diaryl/α,β-unsaturated/α-hetero) is 1. The van der Waals surface area contributed by atoms with E-state index in [-0.39, 0.29) is 47.1 Å². The van der Waals surface area contributed by atoms with E-state index in [0.29, 0.717) is 29.2 Å². The van der Waals surface area contributed by atoms with Crippen molar-refractivity contribution in [1.82, 2.24) is 5.32 Å². The quantitative estimate of drug-likeness (QED) is 0.663. The molecule has 4 rings (SSSR count). The summed E-state index contributed by atoms with van der Waals surface area (Å²) in [6.07, 6.45) is 0.705. The smallest absolute Gasteiger partial charge is 0.225 e. The highest BCUT2D eigenvalue weighted by Gasteiger charge is 2.40. The fraction of sp³-hybridized carbons (Fsp3) is 0.360. The van der Waals surface area contributed by atoms with E-state index in [1.165, 1.54) is 12.1 Å². The van der Waals surface area contributed by atoms with E-state index in [9.17, 15) is 14.0 Å². The molecule has 0 bridgehead atoms. The first-order valence-electron chi connectivity index (χ1n) is 10.6. The van der Waals surface area contributed by atoms with Crippen LogP contribution in [0.2, 0.25) is 5.02 Å². The van der Waals surface area contributed by atoms with E-state index >= 15 is 0 Å². The van der Waals surface area contributed by atoms with E-state index in [0.717, 1.165) is 5.56 Å². The van der Waals surface area contributed by atoms with Gasteiger partial charge in [-0.15, -0.1) is 0 Å². The van der Waals surface area contributed by atoms with Crippen LogP contribution in [0.15, 0.2) is 47.7 Å². The Labute approximate surface area is 191 Å². The van der Waals surface area contributed by atoms with Crippen molar-refractivity contribution in [3.05, 3.63) is 69.6 Å². The van der Waals surface area contributed by atoms with Crippen LogP contribution in [0.25, 0.3) is 0 Å². The monoisotopic (exact) mass is 457 g/mol. The molecule has 1 amide bonds. The second-order valence-corrected chi connectivity index (χ2v) is 8.84. The zero-order chi connectivity index (χ0) is 23.0. The van der Waals surface area contributed by atoms with Crippen molar-refractivity contribution in [2.75, 3.05) is 7.11 Å². The summed E-state index contributed by atoms with van der Waals surface area (Å²) in [5.41, 5.74) is 2.13. The van der Waals surface area contributed by atoms with Crippen LogP contribution in [0, 0.1) is 5.82 Å². The van der Waals surface area contributed by atoms with Crippen molar-refractivity contribution in [2.45, 2.75) is 51.0 Å². The molecule has 0 aromatic heterocycles. The Morgan fingerprint density at radius 2 is 1.88 bits per heavy atom. The van der Waals surface area contributed by atoms with Gasteiger partial charge in [-0.25, -0.2) is 4.39 Å². The summed E-state index contributed by atoms with van der Waals surface area (Å²) in [4.78, 5) is 25.7. The maximum atomic E-state index is 14.6. The number of methoxy groups -OCH3 is 1. The number of carbonyl (C=O) groups excluding carboxylic acids is 2. The minimum atomic E-state index is -0.683. The van der Waals surface area contributed by atoms with Crippen LogP contribution < -0.4 is 14.8 Å². The SMILES string of the molecule is COc1cc(C2CC(=O)C3=C(C2)NC(=O)CC3c2c(F)cccc2Cl)ccc1OC(C)C. The fourth-order valence-electron chi connectivity index (χ4n) is 4.58. The number of hydrogen-bond acceptors (Lipinski definition) is 4. The molecule has 2 aromatic rings. The normalized spacial score (nSPS) is 20.8. The summed E-state index contributed by atoms with van der Waals surface area (Å²) in [5, 5.41) is 3.07. The Hall–Kier alpha value is -2.86. The van der Waals surface area contributed by atoms with Crippen molar-refractivity contribution in [3.8, 4) is 11.5 Å². The summed E-state index contributed by atoms with van der Waals surface area (Å²) >= 11 is 6.27. The Kier molecular flexibility index (Phi) is 6.24. The van der Waals surface area contributed by atoms with Gasteiger partial charge in [0.05, 0.1) is 13.2 Å². The minimum absolute atomic E-state index is 0.00156. The van der Waals surface area contributed by atoms with Crippen molar-refractivity contribution in [1.29, 1.82) is 0 Å². The van der Waals surface area contributed by atoms with E-state index < -0.39 is 11.7 Å². The number of ketones is 1. The Morgan fingerprint density at radius 3 is 2.56 bits per heavy atom. The van der Waals surface area contributed by atoms with Crippen molar-refractivity contribution < 1.29 is 23.5 Å². The Morgan fingerprint density at radius 1 is 1.09 bits per heavy atom. The van der Waals surface area contributed by atoms with E-state index in [2.05, 4.69) is 5.32 Å². The molecule has 1 aliphatic heterocycles. The lowest BCUT2D eigenvalue weighted by Crippen LogP contribution is -2.38. The highest BCUT2D eigenvalue weighted by Crippen LogP contribution is 2.45. The van der Waals surface area contributed by atoms with Gasteiger partial charge in [0.1, 0.15) is 5.82 Å². The molecule has 0 saturated carbocycles. The number of amides is 1. The van der Waals surface area contributed by atoms with Crippen molar-refractivity contribution >= 4 is 23.3 Å². The van der Waals surface area contributed by atoms with Gasteiger partial charge in [-0.2, -0.15) is 0 Å². The number of halogens is 2.